The molecule has 0 aromatic rings. The number of epoxide rings is 1. The van der Waals surface area contributed by atoms with E-state index in [9.17, 15) is 0 Å². The highest BCUT2D eigenvalue weighted by atomic mass is 32.2. The molecule has 21 heavy (non-hydrogen) atoms. The van der Waals surface area contributed by atoms with Crippen LogP contribution in [-0.2, 0) is 4.74 Å². The van der Waals surface area contributed by atoms with E-state index < -0.39 is 0 Å². The van der Waals surface area contributed by atoms with E-state index in [1.165, 1.54) is 43.3 Å². The van der Waals surface area contributed by atoms with Crippen molar-refractivity contribution in [2.75, 3.05) is 6.26 Å². The molecule has 1 rings (SSSR count). The largest absolute Gasteiger partial charge is 0.367 e. The van der Waals surface area contributed by atoms with Crippen molar-refractivity contribution in [1.29, 1.82) is 0 Å². The third-order valence-corrected chi connectivity index (χ3v) is 4.52. The summed E-state index contributed by atoms with van der Waals surface area (Å²) in [6, 6.07) is 0. The molecule has 0 bridgehead atoms. The zero-order chi connectivity index (χ0) is 15.7. The van der Waals surface area contributed by atoms with Crippen molar-refractivity contribution in [2.24, 2.45) is 0 Å². The Labute approximate surface area is 135 Å². The van der Waals surface area contributed by atoms with Gasteiger partial charge in [0.25, 0.3) is 0 Å². The molecule has 0 saturated carbocycles. The van der Waals surface area contributed by atoms with Crippen LogP contribution >= 0.6 is 11.8 Å². The molecule has 1 heterocycles. The molecule has 0 aliphatic carbocycles. The van der Waals surface area contributed by atoms with Crippen molar-refractivity contribution < 1.29 is 4.74 Å². The minimum atomic E-state index is 0.143. The van der Waals surface area contributed by atoms with Gasteiger partial charge in [0.2, 0.25) is 0 Å². The zero-order valence-corrected chi connectivity index (χ0v) is 15.3. The summed E-state index contributed by atoms with van der Waals surface area (Å²) in [5.41, 5.74) is 3.17. The Hall–Kier alpha value is -0.470. The van der Waals surface area contributed by atoms with Gasteiger partial charge in [-0.05, 0) is 77.9 Å². The standard InChI is InChI=1S/C19H32OS/c1-16(10-7-6-8-15-21-5)11-9-12-17(2)13-14-18-19(3,4)20-18/h8,10,12,15,18H,6-7,9,11,13-14H2,1-5H3/b15-8+,16-10+,17-12+. The molecule has 1 atom stereocenters. The van der Waals surface area contributed by atoms with Crippen LogP contribution in [0, 0.1) is 0 Å². The highest BCUT2D eigenvalue weighted by molar-refractivity contribution is 8.01. The fourth-order valence-electron chi connectivity index (χ4n) is 2.44. The Morgan fingerprint density at radius 2 is 1.67 bits per heavy atom. The van der Waals surface area contributed by atoms with Gasteiger partial charge in [-0.2, -0.15) is 0 Å². The van der Waals surface area contributed by atoms with Crippen molar-refractivity contribution in [3.63, 3.8) is 0 Å². The van der Waals surface area contributed by atoms with Crippen LogP contribution in [0.3, 0.4) is 0 Å². The van der Waals surface area contributed by atoms with Crippen molar-refractivity contribution in [1.82, 2.24) is 0 Å². The summed E-state index contributed by atoms with van der Waals surface area (Å²) >= 11 is 1.77. The van der Waals surface area contributed by atoms with E-state index in [0.29, 0.717) is 6.10 Å². The lowest BCUT2D eigenvalue weighted by molar-refractivity contribution is 0.320. The molecule has 1 saturated heterocycles. The predicted molar refractivity (Wildman–Crippen MR) is 96.8 cm³/mol. The van der Waals surface area contributed by atoms with Gasteiger partial charge in [0.05, 0.1) is 11.7 Å². The highest BCUT2D eigenvalue weighted by Gasteiger charge is 2.46. The van der Waals surface area contributed by atoms with Gasteiger partial charge in [0.1, 0.15) is 0 Å². The van der Waals surface area contributed by atoms with Gasteiger partial charge in [0, 0.05) is 0 Å². The summed E-state index contributed by atoms with van der Waals surface area (Å²) in [7, 11) is 0. The lowest BCUT2D eigenvalue weighted by atomic mass is 10.0. The van der Waals surface area contributed by atoms with E-state index in [1.54, 1.807) is 11.8 Å². The quantitative estimate of drug-likeness (QED) is 0.268. The minimum absolute atomic E-state index is 0.143. The maximum Gasteiger partial charge on any atom is 0.0892 e. The van der Waals surface area contributed by atoms with Crippen LogP contribution in [0.5, 0.6) is 0 Å². The van der Waals surface area contributed by atoms with Crippen LogP contribution in [0.15, 0.2) is 34.8 Å². The normalized spacial score (nSPS) is 22.0. The molecular formula is C19H32OS. The Morgan fingerprint density at radius 1 is 1.05 bits per heavy atom. The maximum atomic E-state index is 5.63. The molecule has 1 aliphatic heterocycles. The molecular weight excluding hydrogens is 276 g/mol. The fraction of sp³-hybridized carbons (Fsp3) is 0.684. The number of thioether (sulfide) groups is 1. The molecule has 2 heteroatoms. The van der Waals surface area contributed by atoms with Gasteiger partial charge in [-0.3, -0.25) is 0 Å². The number of unbranched alkanes of at least 4 members (excludes halogenated alkanes) is 1. The number of hydrogen-bond acceptors (Lipinski definition) is 2. The van der Waals surface area contributed by atoms with Crippen molar-refractivity contribution in [3.8, 4) is 0 Å². The smallest absolute Gasteiger partial charge is 0.0892 e. The minimum Gasteiger partial charge on any atom is -0.367 e. The second kappa shape index (κ2) is 9.53. The lowest BCUT2D eigenvalue weighted by Gasteiger charge is -2.02. The van der Waals surface area contributed by atoms with E-state index in [0.717, 1.165) is 6.42 Å². The molecule has 0 radical (unpaired) electrons. The summed E-state index contributed by atoms with van der Waals surface area (Å²) in [5, 5.41) is 2.17. The molecule has 0 aromatic heterocycles. The van der Waals surface area contributed by atoms with E-state index in [4.69, 9.17) is 4.74 Å². The Morgan fingerprint density at radius 3 is 2.29 bits per heavy atom. The number of hydrogen-bond donors (Lipinski definition) is 0. The third-order valence-electron chi connectivity index (χ3n) is 4.05. The Kier molecular flexibility index (Phi) is 8.43. The van der Waals surface area contributed by atoms with Gasteiger partial charge in [-0.15, -0.1) is 11.8 Å². The van der Waals surface area contributed by atoms with Crippen LogP contribution in [0.4, 0.5) is 0 Å². The van der Waals surface area contributed by atoms with Gasteiger partial charge >= 0.3 is 0 Å². The molecule has 0 amide bonds. The first kappa shape index (κ1) is 18.6. The summed E-state index contributed by atoms with van der Waals surface area (Å²) in [4.78, 5) is 0. The van der Waals surface area contributed by atoms with E-state index in [-0.39, 0.29) is 5.60 Å². The number of rotatable bonds is 10. The summed E-state index contributed by atoms with van der Waals surface area (Å²) < 4.78 is 5.63. The Balaban J connectivity index is 2.11. The van der Waals surface area contributed by atoms with Crippen LogP contribution in [-0.4, -0.2) is 18.0 Å². The van der Waals surface area contributed by atoms with Gasteiger partial charge in [0.15, 0.2) is 0 Å². The molecule has 1 nitrogen and oxygen atoms in total. The molecule has 1 aliphatic rings. The first-order valence-corrected chi connectivity index (χ1v) is 9.41. The zero-order valence-electron chi connectivity index (χ0n) is 14.4. The third kappa shape index (κ3) is 8.53. The van der Waals surface area contributed by atoms with Gasteiger partial charge < -0.3 is 4.74 Å². The average molecular weight is 309 g/mol. The maximum absolute atomic E-state index is 5.63. The molecule has 0 aromatic carbocycles. The van der Waals surface area contributed by atoms with E-state index in [1.807, 2.05) is 0 Å². The number of allylic oxidation sites excluding steroid dienone is 5. The van der Waals surface area contributed by atoms with Gasteiger partial charge in [-0.1, -0.05) is 29.4 Å². The van der Waals surface area contributed by atoms with Crippen molar-refractivity contribution >= 4 is 11.8 Å². The topological polar surface area (TPSA) is 12.5 Å². The molecule has 1 unspecified atom stereocenters. The van der Waals surface area contributed by atoms with Crippen LogP contribution in [0.1, 0.15) is 66.2 Å². The SMILES string of the molecule is CS/C=C/CC/C=C(\C)CC/C=C(\C)CCC1OC1(C)C. The van der Waals surface area contributed by atoms with Crippen molar-refractivity contribution in [2.45, 2.75) is 77.9 Å². The van der Waals surface area contributed by atoms with E-state index >= 15 is 0 Å². The Bertz CT molecular complexity index is 390. The first-order valence-electron chi connectivity index (χ1n) is 8.12. The monoisotopic (exact) mass is 308 g/mol. The average Bonchev–Trinajstić information content (AvgIpc) is 3.04. The van der Waals surface area contributed by atoms with Crippen LogP contribution in [0.25, 0.3) is 0 Å². The predicted octanol–water partition coefficient (Wildman–Crippen LogP) is 6.27. The second-order valence-electron chi connectivity index (χ2n) is 6.57. The summed E-state index contributed by atoms with van der Waals surface area (Å²) in [6.07, 6.45) is 16.7. The fourth-order valence-corrected chi connectivity index (χ4v) is 2.77. The molecule has 120 valence electrons. The first-order chi connectivity index (χ1) is 9.95. The molecule has 1 fully saturated rings. The van der Waals surface area contributed by atoms with E-state index in [2.05, 4.69) is 57.6 Å². The second-order valence-corrected chi connectivity index (χ2v) is 7.32. The summed E-state index contributed by atoms with van der Waals surface area (Å²) in [6.45, 7) is 8.86. The van der Waals surface area contributed by atoms with Crippen LogP contribution < -0.4 is 0 Å². The lowest BCUT2D eigenvalue weighted by Crippen LogP contribution is -2.02. The summed E-state index contributed by atoms with van der Waals surface area (Å²) in [5.74, 6) is 0. The molecule has 0 spiro atoms. The van der Waals surface area contributed by atoms with Crippen LogP contribution in [0.2, 0.25) is 0 Å². The van der Waals surface area contributed by atoms with Gasteiger partial charge in [-0.25, -0.2) is 0 Å². The van der Waals surface area contributed by atoms with Crippen molar-refractivity contribution in [3.05, 3.63) is 34.8 Å². The highest BCUT2D eigenvalue weighted by Crippen LogP contribution is 2.38. The number of ether oxygens (including phenoxy) is 1. The molecule has 0 N–H and O–H groups in total.